The molecule has 2 aromatic rings. The lowest BCUT2D eigenvalue weighted by Gasteiger charge is -2.25. The number of carbonyl (C=O) groups excluding carboxylic acids is 1. The Bertz CT molecular complexity index is 639. The Balaban J connectivity index is 1.81. The molecule has 0 aliphatic carbocycles. The van der Waals surface area contributed by atoms with Crippen LogP contribution in [0.4, 0.5) is 0 Å². The molecule has 23 heavy (non-hydrogen) atoms. The minimum atomic E-state index is -0.180. The van der Waals surface area contributed by atoms with Crippen molar-refractivity contribution in [2.75, 3.05) is 0 Å². The Morgan fingerprint density at radius 3 is 2.35 bits per heavy atom. The molecule has 0 aliphatic rings. The largest absolute Gasteiger partial charge is 0.427 e. The van der Waals surface area contributed by atoms with Gasteiger partial charge in [0, 0.05) is 6.42 Å². The van der Waals surface area contributed by atoms with Gasteiger partial charge in [0.2, 0.25) is 0 Å². The van der Waals surface area contributed by atoms with Crippen molar-refractivity contribution in [3.05, 3.63) is 72.3 Å². The number of ether oxygens (including phenoxy) is 1. The first-order valence-corrected chi connectivity index (χ1v) is 8.00. The fraction of sp³-hybridized carbons (Fsp3) is 0.286. The second-order valence-corrected chi connectivity index (χ2v) is 6.35. The van der Waals surface area contributed by atoms with Gasteiger partial charge in [-0.2, -0.15) is 0 Å². The monoisotopic (exact) mass is 308 g/mol. The van der Waals surface area contributed by atoms with Crippen LogP contribution in [0.1, 0.15) is 44.2 Å². The van der Waals surface area contributed by atoms with E-state index in [4.69, 9.17) is 4.74 Å². The van der Waals surface area contributed by atoms with Gasteiger partial charge < -0.3 is 4.74 Å². The quantitative estimate of drug-likeness (QED) is 0.507. The Kier molecular flexibility index (Phi) is 5.75. The molecule has 0 saturated heterocycles. The SMILES string of the molecule is C=Cc1ccc(OC(=O)CCCC(C)(C)c2ccccc2)cc1. The summed E-state index contributed by atoms with van der Waals surface area (Å²) in [4.78, 5) is 11.9. The lowest BCUT2D eigenvalue weighted by Crippen LogP contribution is -2.18. The predicted molar refractivity (Wildman–Crippen MR) is 95.5 cm³/mol. The smallest absolute Gasteiger partial charge is 0.311 e. The first-order chi connectivity index (χ1) is 11.0. The van der Waals surface area contributed by atoms with Crippen molar-refractivity contribution < 1.29 is 9.53 Å². The number of esters is 1. The molecule has 2 nitrogen and oxygen atoms in total. The molecule has 2 rings (SSSR count). The van der Waals surface area contributed by atoms with Crippen LogP contribution in [0.2, 0.25) is 0 Å². The van der Waals surface area contributed by atoms with Crippen molar-refractivity contribution in [1.29, 1.82) is 0 Å². The van der Waals surface area contributed by atoms with Gasteiger partial charge in [0.25, 0.3) is 0 Å². The molecule has 0 spiro atoms. The zero-order chi connectivity index (χ0) is 16.7. The van der Waals surface area contributed by atoms with Crippen molar-refractivity contribution in [2.45, 2.75) is 38.5 Å². The molecule has 0 aliphatic heterocycles. The fourth-order valence-corrected chi connectivity index (χ4v) is 2.56. The third-order valence-corrected chi connectivity index (χ3v) is 4.09. The van der Waals surface area contributed by atoms with Crippen LogP contribution in [-0.2, 0) is 10.2 Å². The molecule has 0 radical (unpaired) electrons. The first kappa shape index (κ1) is 17.0. The normalized spacial score (nSPS) is 11.0. The molecule has 0 saturated carbocycles. The molecule has 0 amide bonds. The Morgan fingerprint density at radius 2 is 1.74 bits per heavy atom. The molecule has 120 valence electrons. The number of hydrogen-bond acceptors (Lipinski definition) is 2. The summed E-state index contributed by atoms with van der Waals surface area (Å²) in [5, 5.41) is 0. The maximum atomic E-state index is 11.9. The first-order valence-electron chi connectivity index (χ1n) is 8.00. The number of carbonyl (C=O) groups is 1. The topological polar surface area (TPSA) is 26.3 Å². The van der Waals surface area contributed by atoms with Crippen LogP contribution in [0, 0.1) is 0 Å². The summed E-state index contributed by atoms with van der Waals surface area (Å²) < 4.78 is 5.36. The lowest BCUT2D eigenvalue weighted by molar-refractivity contribution is -0.134. The minimum Gasteiger partial charge on any atom is -0.427 e. The molecular formula is C21H24O2. The van der Waals surface area contributed by atoms with Crippen LogP contribution in [-0.4, -0.2) is 5.97 Å². The number of benzene rings is 2. The maximum Gasteiger partial charge on any atom is 0.311 e. The second kappa shape index (κ2) is 7.77. The van der Waals surface area contributed by atoms with E-state index < -0.39 is 0 Å². The molecule has 0 bridgehead atoms. The Labute approximate surface area is 138 Å². The van der Waals surface area contributed by atoms with Crippen LogP contribution in [0.5, 0.6) is 5.75 Å². The molecular weight excluding hydrogens is 284 g/mol. The Hall–Kier alpha value is -2.35. The molecule has 2 heteroatoms. The van der Waals surface area contributed by atoms with Gasteiger partial charge in [-0.05, 0) is 41.5 Å². The third kappa shape index (κ3) is 5.10. The van der Waals surface area contributed by atoms with Gasteiger partial charge in [0.15, 0.2) is 0 Å². The maximum absolute atomic E-state index is 11.9. The van der Waals surface area contributed by atoms with Gasteiger partial charge in [-0.25, -0.2) is 0 Å². The average molecular weight is 308 g/mol. The highest BCUT2D eigenvalue weighted by Crippen LogP contribution is 2.28. The van der Waals surface area contributed by atoms with Crippen molar-refractivity contribution >= 4 is 12.0 Å². The molecule has 0 fully saturated rings. The lowest BCUT2D eigenvalue weighted by atomic mass is 9.80. The van der Waals surface area contributed by atoms with E-state index in [0.717, 1.165) is 18.4 Å². The summed E-state index contributed by atoms with van der Waals surface area (Å²) in [6, 6.07) is 17.8. The van der Waals surface area contributed by atoms with E-state index in [0.29, 0.717) is 12.2 Å². The second-order valence-electron chi connectivity index (χ2n) is 6.35. The van der Waals surface area contributed by atoms with E-state index in [-0.39, 0.29) is 11.4 Å². The van der Waals surface area contributed by atoms with E-state index in [1.54, 1.807) is 18.2 Å². The highest BCUT2D eigenvalue weighted by molar-refractivity contribution is 5.72. The molecule has 0 N–H and O–H groups in total. The molecule has 0 unspecified atom stereocenters. The summed E-state index contributed by atoms with van der Waals surface area (Å²) in [7, 11) is 0. The van der Waals surface area contributed by atoms with E-state index in [9.17, 15) is 4.79 Å². The molecule has 0 heterocycles. The van der Waals surface area contributed by atoms with Gasteiger partial charge in [0.05, 0.1) is 0 Å². The van der Waals surface area contributed by atoms with Crippen LogP contribution in [0.3, 0.4) is 0 Å². The van der Waals surface area contributed by atoms with Crippen molar-refractivity contribution in [1.82, 2.24) is 0 Å². The molecule has 0 aromatic heterocycles. The summed E-state index contributed by atoms with van der Waals surface area (Å²) in [5.41, 5.74) is 2.37. The van der Waals surface area contributed by atoms with Crippen LogP contribution in [0.15, 0.2) is 61.2 Å². The van der Waals surface area contributed by atoms with Gasteiger partial charge in [0.1, 0.15) is 5.75 Å². The highest BCUT2D eigenvalue weighted by atomic mass is 16.5. The summed E-state index contributed by atoms with van der Waals surface area (Å²) in [6.45, 7) is 8.12. The summed E-state index contributed by atoms with van der Waals surface area (Å²) in [6.07, 6.45) is 3.95. The van der Waals surface area contributed by atoms with E-state index in [1.165, 1.54) is 5.56 Å². The van der Waals surface area contributed by atoms with Crippen molar-refractivity contribution in [3.8, 4) is 5.75 Å². The molecule has 0 atom stereocenters. The molecule has 2 aromatic carbocycles. The summed E-state index contributed by atoms with van der Waals surface area (Å²) >= 11 is 0. The summed E-state index contributed by atoms with van der Waals surface area (Å²) in [5.74, 6) is 0.406. The zero-order valence-electron chi connectivity index (χ0n) is 13.9. The van der Waals surface area contributed by atoms with Gasteiger partial charge in [-0.3, -0.25) is 4.79 Å². The van der Waals surface area contributed by atoms with Gasteiger partial charge in [-0.1, -0.05) is 69.0 Å². The van der Waals surface area contributed by atoms with E-state index in [2.05, 4.69) is 44.7 Å². The fourth-order valence-electron chi connectivity index (χ4n) is 2.56. The predicted octanol–water partition coefficient (Wildman–Crippen LogP) is 5.38. The van der Waals surface area contributed by atoms with Crippen LogP contribution >= 0.6 is 0 Å². The van der Waals surface area contributed by atoms with Crippen molar-refractivity contribution in [3.63, 3.8) is 0 Å². The van der Waals surface area contributed by atoms with Crippen LogP contribution < -0.4 is 4.74 Å². The van der Waals surface area contributed by atoms with Gasteiger partial charge in [-0.15, -0.1) is 0 Å². The van der Waals surface area contributed by atoms with Crippen molar-refractivity contribution in [2.24, 2.45) is 0 Å². The Morgan fingerprint density at radius 1 is 1.09 bits per heavy atom. The number of rotatable bonds is 7. The van der Waals surface area contributed by atoms with Gasteiger partial charge >= 0.3 is 5.97 Å². The van der Waals surface area contributed by atoms with E-state index in [1.807, 2.05) is 18.2 Å². The van der Waals surface area contributed by atoms with E-state index >= 15 is 0 Å². The highest BCUT2D eigenvalue weighted by Gasteiger charge is 2.20. The average Bonchev–Trinajstić information content (AvgIpc) is 2.56. The minimum absolute atomic E-state index is 0.0626. The third-order valence-electron chi connectivity index (χ3n) is 4.09. The number of hydrogen-bond donors (Lipinski definition) is 0. The zero-order valence-corrected chi connectivity index (χ0v) is 13.9. The standard InChI is InChI=1S/C21H24O2/c1-4-17-12-14-19(15-13-17)23-20(22)11-8-16-21(2,3)18-9-6-5-7-10-18/h4-7,9-10,12-15H,1,8,11,16H2,2-3H3. The van der Waals surface area contributed by atoms with Crippen LogP contribution in [0.25, 0.3) is 6.08 Å².